The van der Waals surface area contributed by atoms with Gasteiger partial charge in [0.05, 0.1) is 24.3 Å². The van der Waals surface area contributed by atoms with E-state index >= 15 is 0 Å². The Morgan fingerprint density at radius 1 is 1.59 bits per heavy atom. The average molecular weight is 331 g/mol. The molecule has 1 fully saturated rings. The van der Waals surface area contributed by atoms with Gasteiger partial charge in [-0.1, -0.05) is 17.7 Å². The van der Waals surface area contributed by atoms with Crippen molar-refractivity contribution in [3.8, 4) is 0 Å². The molecule has 1 saturated heterocycles. The molecule has 1 N–H and O–H groups in total. The van der Waals surface area contributed by atoms with Gasteiger partial charge in [0.25, 0.3) is 0 Å². The van der Waals surface area contributed by atoms with Gasteiger partial charge in [-0.3, -0.25) is 14.6 Å². The Labute approximate surface area is 134 Å². The van der Waals surface area contributed by atoms with Crippen molar-refractivity contribution in [2.45, 2.75) is 12.6 Å². The third-order valence-electron chi connectivity index (χ3n) is 3.53. The third-order valence-corrected chi connectivity index (χ3v) is 3.82. The summed E-state index contributed by atoms with van der Waals surface area (Å²) in [7, 11) is 1.76. The van der Waals surface area contributed by atoms with Crippen LogP contribution in [0, 0.1) is 5.82 Å². The van der Waals surface area contributed by atoms with Crippen LogP contribution in [0.4, 0.5) is 4.39 Å². The van der Waals surface area contributed by atoms with Crippen LogP contribution in [0.1, 0.15) is 5.56 Å². The van der Waals surface area contributed by atoms with Gasteiger partial charge in [0.1, 0.15) is 5.82 Å². The number of aliphatic carboxylic acids is 1. The second kappa shape index (κ2) is 7.87. The van der Waals surface area contributed by atoms with Crippen LogP contribution in [-0.4, -0.2) is 66.8 Å². The summed E-state index contributed by atoms with van der Waals surface area (Å²) >= 11 is 5.80. The zero-order valence-corrected chi connectivity index (χ0v) is 13.2. The first-order valence-electron chi connectivity index (χ1n) is 7.12. The van der Waals surface area contributed by atoms with E-state index in [-0.39, 0.29) is 17.7 Å². The van der Waals surface area contributed by atoms with Crippen LogP contribution in [0.25, 0.3) is 0 Å². The lowest BCUT2D eigenvalue weighted by Gasteiger charge is -2.34. The van der Waals surface area contributed by atoms with Gasteiger partial charge in [-0.15, -0.1) is 0 Å². The minimum absolute atomic E-state index is 0.00652. The summed E-state index contributed by atoms with van der Waals surface area (Å²) in [6.07, 6.45) is -0.0333. The molecule has 122 valence electrons. The fraction of sp³-hybridized carbons (Fsp3) is 0.533. The molecule has 1 aromatic rings. The van der Waals surface area contributed by atoms with E-state index in [1.165, 1.54) is 6.07 Å². The van der Waals surface area contributed by atoms with Gasteiger partial charge in [-0.05, 0) is 24.7 Å². The highest BCUT2D eigenvalue weighted by atomic mass is 35.5. The van der Waals surface area contributed by atoms with Crippen LogP contribution in [0.15, 0.2) is 18.2 Å². The number of halogens is 2. The van der Waals surface area contributed by atoms with Gasteiger partial charge in [0, 0.05) is 26.2 Å². The second-order valence-electron chi connectivity index (χ2n) is 5.57. The average Bonchev–Trinajstić information content (AvgIpc) is 2.42. The molecule has 0 aromatic heterocycles. The molecule has 0 saturated carbocycles. The molecule has 1 unspecified atom stereocenters. The van der Waals surface area contributed by atoms with E-state index in [0.29, 0.717) is 26.2 Å². The molecule has 1 atom stereocenters. The first-order valence-corrected chi connectivity index (χ1v) is 7.50. The predicted molar refractivity (Wildman–Crippen MR) is 81.6 cm³/mol. The fourth-order valence-electron chi connectivity index (χ4n) is 2.57. The maximum Gasteiger partial charge on any atom is 0.317 e. The lowest BCUT2D eigenvalue weighted by atomic mass is 10.2. The largest absolute Gasteiger partial charge is 0.480 e. The summed E-state index contributed by atoms with van der Waals surface area (Å²) in [5, 5.41) is 8.90. The standard InChI is InChI=1S/C15H20ClFN2O3/c1-18(10-15(20)21)8-12-9-19(4-5-22-12)7-11-2-3-14(17)13(16)6-11/h2-3,6,12H,4-5,7-10H2,1H3,(H,20,21). The molecule has 5 nitrogen and oxygen atoms in total. The number of hydrogen-bond acceptors (Lipinski definition) is 4. The molecule has 7 heteroatoms. The number of carboxylic acid groups (broad SMARTS) is 1. The van der Waals surface area contributed by atoms with E-state index in [2.05, 4.69) is 4.90 Å². The maximum absolute atomic E-state index is 13.2. The molecule has 0 spiro atoms. The summed E-state index contributed by atoms with van der Waals surface area (Å²) in [4.78, 5) is 14.6. The van der Waals surface area contributed by atoms with E-state index in [1.807, 2.05) is 0 Å². The molecule has 2 rings (SSSR count). The van der Waals surface area contributed by atoms with Crippen LogP contribution in [0.3, 0.4) is 0 Å². The van der Waals surface area contributed by atoms with Crippen molar-refractivity contribution in [3.63, 3.8) is 0 Å². The number of ether oxygens (including phenoxy) is 1. The van der Waals surface area contributed by atoms with Crippen molar-refractivity contribution >= 4 is 17.6 Å². The number of hydrogen-bond donors (Lipinski definition) is 1. The number of carboxylic acids is 1. The quantitative estimate of drug-likeness (QED) is 0.860. The molecule has 0 radical (unpaired) electrons. The molecule has 1 aromatic carbocycles. The zero-order chi connectivity index (χ0) is 16.1. The highest BCUT2D eigenvalue weighted by Crippen LogP contribution is 2.18. The molecular formula is C15H20ClFN2O3. The van der Waals surface area contributed by atoms with Gasteiger partial charge in [0.2, 0.25) is 0 Å². The lowest BCUT2D eigenvalue weighted by molar-refractivity contribution is -0.138. The lowest BCUT2D eigenvalue weighted by Crippen LogP contribution is -2.47. The Kier molecular flexibility index (Phi) is 6.14. The van der Waals surface area contributed by atoms with Crippen molar-refractivity contribution in [2.24, 2.45) is 0 Å². The smallest absolute Gasteiger partial charge is 0.317 e. The summed E-state index contributed by atoms with van der Waals surface area (Å²) < 4.78 is 18.8. The summed E-state index contributed by atoms with van der Waals surface area (Å²) in [5.41, 5.74) is 0.950. The van der Waals surface area contributed by atoms with Crippen molar-refractivity contribution in [3.05, 3.63) is 34.6 Å². The summed E-state index contributed by atoms with van der Waals surface area (Å²) in [5.74, 6) is -1.27. The second-order valence-corrected chi connectivity index (χ2v) is 5.97. The monoisotopic (exact) mass is 330 g/mol. The molecule has 1 aliphatic heterocycles. The first-order chi connectivity index (χ1) is 10.4. The van der Waals surface area contributed by atoms with Crippen LogP contribution >= 0.6 is 11.6 Å². The van der Waals surface area contributed by atoms with Gasteiger partial charge in [0.15, 0.2) is 0 Å². The molecule has 22 heavy (non-hydrogen) atoms. The van der Waals surface area contributed by atoms with Crippen molar-refractivity contribution in [2.75, 3.05) is 39.8 Å². The Hall–Kier alpha value is -1.21. The SMILES string of the molecule is CN(CC(=O)O)CC1CN(Cc2ccc(F)c(Cl)c2)CCO1. The molecular weight excluding hydrogens is 311 g/mol. The Balaban J connectivity index is 1.87. The van der Waals surface area contributed by atoms with Crippen LogP contribution < -0.4 is 0 Å². The Morgan fingerprint density at radius 2 is 2.36 bits per heavy atom. The van der Waals surface area contributed by atoms with Crippen LogP contribution in [0.5, 0.6) is 0 Å². The van der Waals surface area contributed by atoms with Crippen molar-refractivity contribution < 1.29 is 19.0 Å². The van der Waals surface area contributed by atoms with Gasteiger partial charge < -0.3 is 9.84 Å². The number of benzene rings is 1. The topological polar surface area (TPSA) is 53.0 Å². The highest BCUT2D eigenvalue weighted by molar-refractivity contribution is 6.30. The predicted octanol–water partition coefficient (Wildman–Crippen LogP) is 1.70. The van der Waals surface area contributed by atoms with Gasteiger partial charge >= 0.3 is 5.97 Å². The van der Waals surface area contributed by atoms with Crippen LogP contribution in [-0.2, 0) is 16.1 Å². The molecule has 0 bridgehead atoms. The Bertz CT molecular complexity index is 530. The molecule has 0 amide bonds. The number of likely N-dealkylation sites (N-methyl/N-ethyl adjacent to an activating group) is 1. The number of carbonyl (C=O) groups is 1. The third kappa shape index (κ3) is 5.21. The zero-order valence-electron chi connectivity index (χ0n) is 12.5. The van der Waals surface area contributed by atoms with E-state index in [4.69, 9.17) is 21.4 Å². The maximum atomic E-state index is 13.2. The summed E-state index contributed by atoms with van der Waals surface area (Å²) in [6.45, 7) is 3.32. The van der Waals surface area contributed by atoms with E-state index in [9.17, 15) is 9.18 Å². The number of morpholine rings is 1. The van der Waals surface area contributed by atoms with Crippen LogP contribution in [0.2, 0.25) is 5.02 Å². The van der Waals surface area contributed by atoms with Gasteiger partial charge in [-0.25, -0.2) is 4.39 Å². The minimum Gasteiger partial charge on any atom is -0.480 e. The first kappa shape index (κ1) is 17.1. The summed E-state index contributed by atoms with van der Waals surface area (Å²) in [6, 6.07) is 4.73. The minimum atomic E-state index is -0.851. The number of nitrogens with zero attached hydrogens (tertiary/aromatic N) is 2. The van der Waals surface area contributed by atoms with E-state index in [1.54, 1.807) is 24.1 Å². The number of rotatable bonds is 6. The van der Waals surface area contributed by atoms with E-state index < -0.39 is 11.8 Å². The highest BCUT2D eigenvalue weighted by Gasteiger charge is 2.22. The molecule has 1 heterocycles. The van der Waals surface area contributed by atoms with Crippen molar-refractivity contribution in [1.29, 1.82) is 0 Å². The molecule has 1 aliphatic rings. The Morgan fingerprint density at radius 3 is 3.05 bits per heavy atom. The van der Waals surface area contributed by atoms with E-state index in [0.717, 1.165) is 12.1 Å². The normalized spacial score (nSPS) is 19.5. The van der Waals surface area contributed by atoms with Gasteiger partial charge in [-0.2, -0.15) is 0 Å². The fourth-order valence-corrected chi connectivity index (χ4v) is 2.78. The molecule has 0 aliphatic carbocycles. The van der Waals surface area contributed by atoms with Crippen molar-refractivity contribution in [1.82, 2.24) is 9.80 Å².